The Morgan fingerprint density at radius 3 is 2.07 bits per heavy atom. The van der Waals surface area contributed by atoms with Gasteiger partial charge >= 0.3 is 5.97 Å². The fraction of sp³-hybridized carbons (Fsp3) is 0.571. The third kappa shape index (κ3) is 14.6. The Labute approximate surface area is 256 Å². The molecule has 4 amide bonds. The number of phenols is 1. The van der Waals surface area contributed by atoms with E-state index in [9.17, 15) is 34.2 Å². The third-order valence-electron chi connectivity index (χ3n) is 6.56. The molecule has 0 aromatic heterocycles. The molecule has 0 saturated heterocycles. The summed E-state index contributed by atoms with van der Waals surface area (Å²) in [5.74, 6) is -4.33. The second kappa shape index (κ2) is 19.7. The fourth-order valence-corrected chi connectivity index (χ4v) is 4.07. The van der Waals surface area contributed by atoms with Crippen LogP contribution < -0.4 is 44.2 Å². The number of hydrogen-bond donors (Lipinski definition) is 10. The molecule has 0 bridgehead atoms. The van der Waals surface area contributed by atoms with Gasteiger partial charge in [-0.3, -0.25) is 24.2 Å². The number of aliphatic carboxylic acids is 1. The Kier molecular flexibility index (Phi) is 16.8. The van der Waals surface area contributed by atoms with Gasteiger partial charge in [0.2, 0.25) is 23.6 Å². The number of aliphatic imine (C=N–C) groups is 1. The van der Waals surface area contributed by atoms with Gasteiger partial charge in [0.15, 0.2) is 5.96 Å². The number of guanidine groups is 1. The number of nitrogens with zero attached hydrogens (tertiary/aromatic N) is 1. The average molecular weight is 622 g/mol. The number of hydrogen-bond acceptors (Lipinski definition) is 9. The number of nitrogens with two attached hydrogens (primary N) is 4. The van der Waals surface area contributed by atoms with Gasteiger partial charge in [-0.2, -0.15) is 0 Å². The van der Waals surface area contributed by atoms with E-state index in [1.807, 2.05) is 0 Å². The standard InChI is InChI=1S/C28H47N9O7/c1-16(2)23(26(42)36-21(27(43)44)14-17-8-10-18(38)11-9-17)37-22(39)15-34-25(41)20(7-3-4-12-29)35-24(40)19(30)6-5-13-33-28(31)32/h8-11,16,19-21,23,38H,3-7,12-15,29-30H2,1-2H3,(H,34,41)(H,35,40)(H,36,42)(H,37,39)(H,43,44)(H4,31,32,33)/t19-,20-,21-,23-/m0/s1. The summed E-state index contributed by atoms with van der Waals surface area (Å²) in [6.07, 6.45) is 2.08. The SMILES string of the molecule is CC(C)[C@H](NC(=O)CNC(=O)[C@H](CCCCN)NC(=O)[C@@H](N)CCCN=C(N)N)C(=O)N[C@@H](Cc1ccc(O)cc1)C(=O)O. The molecule has 0 aliphatic rings. The maximum atomic E-state index is 13.0. The molecule has 44 heavy (non-hydrogen) atoms. The molecule has 0 aliphatic heterocycles. The Hall–Kier alpha value is -4.44. The lowest BCUT2D eigenvalue weighted by Gasteiger charge is -2.24. The van der Waals surface area contributed by atoms with Crippen molar-refractivity contribution in [1.29, 1.82) is 0 Å². The van der Waals surface area contributed by atoms with Gasteiger partial charge in [0, 0.05) is 13.0 Å². The maximum Gasteiger partial charge on any atom is 0.326 e. The molecule has 0 radical (unpaired) electrons. The second-order valence-electron chi connectivity index (χ2n) is 10.7. The van der Waals surface area contributed by atoms with E-state index >= 15 is 0 Å². The Morgan fingerprint density at radius 1 is 0.864 bits per heavy atom. The number of unbranched alkanes of at least 4 members (excludes halogenated alkanes) is 1. The lowest BCUT2D eigenvalue weighted by Crippen LogP contribution is -2.56. The molecule has 1 rings (SSSR count). The number of rotatable bonds is 20. The molecular weight excluding hydrogens is 574 g/mol. The van der Waals surface area contributed by atoms with Crippen molar-refractivity contribution in [1.82, 2.24) is 21.3 Å². The van der Waals surface area contributed by atoms with E-state index in [1.165, 1.54) is 24.3 Å². The Bertz CT molecular complexity index is 1120. The smallest absolute Gasteiger partial charge is 0.326 e. The van der Waals surface area contributed by atoms with E-state index in [0.717, 1.165) is 0 Å². The van der Waals surface area contributed by atoms with Gasteiger partial charge in [-0.1, -0.05) is 26.0 Å². The molecular formula is C28H47N9O7. The Morgan fingerprint density at radius 2 is 1.50 bits per heavy atom. The zero-order valence-corrected chi connectivity index (χ0v) is 25.3. The van der Waals surface area contributed by atoms with Crippen LogP contribution in [-0.2, 0) is 30.4 Å². The molecule has 0 saturated carbocycles. The summed E-state index contributed by atoms with van der Waals surface area (Å²) in [5, 5.41) is 29.1. The molecule has 0 spiro atoms. The molecule has 246 valence electrons. The first-order chi connectivity index (χ1) is 20.7. The highest BCUT2D eigenvalue weighted by Gasteiger charge is 2.29. The number of carbonyl (C=O) groups is 5. The van der Waals surface area contributed by atoms with Crippen molar-refractivity contribution in [3.05, 3.63) is 29.8 Å². The zero-order valence-electron chi connectivity index (χ0n) is 25.3. The topological polar surface area (TPSA) is 290 Å². The van der Waals surface area contributed by atoms with E-state index in [2.05, 4.69) is 26.3 Å². The molecule has 4 atom stereocenters. The lowest BCUT2D eigenvalue weighted by molar-refractivity contribution is -0.142. The third-order valence-corrected chi connectivity index (χ3v) is 6.56. The molecule has 16 heteroatoms. The quantitative estimate of drug-likeness (QED) is 0.0421. The van der Waals surface area contributed by atoms with Crippen molar-refractivity contribution in [3.63, 3.8) is 0 Å². The minimum Gasteiger partial charge on any atom is -0.508 e. The van der Waals surface area contributed by atoms with Crippen molar-refractivity contribution in [2.75, 3.05) is 19.6 Å². The van der Waals surface area contributed by atoms with Crippen molar-refractivity contribution in [2.24, 2.45) is 33.8 Å². The monoisotopic (exact) mass is 621 g/mol. The number of carboxylic acid groups (broad SMARTS) is 1. The van der Waals surface area contributed by atoms with Crippen LogP contribution in [0, 0.1) is 5.92 Å². The van der Waals surface area contributed by atoms with Gasteiger partial charge in [0.05, 0.1) is 12.6 Å². The maximum absolute atomic E-state index is 13.0. The first-order valence-electron chi connectivity index (χ1n) is 14.4. The Balaban J connectivity index is 2.77. The van der Waals surface area contributed by atoms with E-state index in [4.69, 9.17) is 22.9 Å². The first-order valence-corrected chi connectivity index (χ1v) is 14.4. The van der Waals surface area contributed by atoms with Crippen LogP contribution in [0.4, 0.5) is 0 Å². The molecule has 0 unspecified atom stereocenters. The largest absolute Gasteiger partial charge is 0.508 e. The van der Waals surface area contributed by atoms with E-state index < -0.39 is 66.2 Å². The van der Waals surface area contributed by atoms with Gasteiger partial charge in [-0.15, -0.1) is 0 Å². The van der Waals surface area contributed by atoms with Gasteiger partial charge in [0.1, 0.15) is 23.9 Å². The predicted molar refractivity (Wildman–Crippen MR) is 164 cm³/mol. The summed E-state index contributed by atoms with van der Waals surface area (Å²) in [7, 11) is 0. The summed E-state index contributed by atoms with van der Waals surface area (Å²) >= 11 is 0. The van der Waals surface area contributed by atoms with Crippen molar-refractivity contribution < 1.29 is 34.2 Å². The van der Waals surface area contributed by atoms with Crippen LogP contribution >= 0.6 is 0 Å². The molecule has 16 nitrogen and oxygen atoms in total. The minimum absolute atomic E-state index is 0.0168. The number of benzene rings is 1. The summed E-state index contributed by atoms with van der Waals surface area (Å²) < 4.78 is 0. The van der Waals surface area contributed by atoms with Crippen LogP contribution in [0.2, 0.25) is 0 Å². The van der Waals surface area contributed by atoms with Gasteiger partial charge < -0.3 is 54.4 Å². The first kappa shape index (κ1) is 37.6. The van der Waals surface area contributed by atoms with E-state index in [-0.39, 0.29) is 31.0 Å². The van der Waals surface area contributed by atoms with Crippen LogP contribution in [0.15, 0.2) is 29.3 Å². The summed E-state index contributed by atoms with van der Waals surface area (Å²) in [6, 6.07) is 1.60. The van der Waals surface area contributed by atoms with Gasteiger partial charge in [-0.25, -0.2) is 4.79 Å². The average Bonchev–Trinajstić information content (AvgIpc) is 2.96. The van der Waals surface area contributed by atoms with E-state index in [0.29, 0.717) is 37.9 Å². The molecule has 14 N–H and O–H groups in total. The highest BCUT2D eigenvalue weighted by Crippen LogP contribution is 2.12. The molecule has 1 aromatic carbocycles. The second-order valence-corrected chi connectivity index (χ2v) is 10.7. The van der Waals surface area contributed by atoms with Crippen molar-refractivity contribution in [2.45, 2.75) is 76.5 Å². The number of nitrogens with one attached hydrogen (secondary N) is 4. The van der Waals surface area contributed by atoms with Gasteiger partial charge in [0.25, 0.3) is 0 Å². The van der Waals surface area contributed by atoms with Crippen LogP contribution in [0.5, 0.6) is 5.75 Å². The van der Waals surface area contributed by atoms with Crippen molar-refractivity contribution in [3.8, 4) is 5.75 Å². The zero-order chi connectivity index (χ0) is 33.2. The lowest BCUT2D eigenvalue weighted by atomic mass is 10.0. The highest BCUT2D eigenvalue weighted by molar-refractivity contribution is 5.94. The van der Waals surface area contributed by atoms with E-state index in [1.54, 1.807) is 13.8 Å². The molecule has 0 aliphatic carbocycles. The number of phenolic OH excluding ortho intramolecular Hbond substituents is 1. The van der Waals surface area contributed by atoms with Crippen LogP contribution in [0.3, 0.4) is 0 Å². The molecule has 0 fully saturated rings. The summed E-state index contributed by atoms with van der Waals surface area (Å²) in [5.41, 5.74) is 22.6. The number of aromatic hydroxyl groups is 1. The highest BCUT2D eigenvalue weighted by atomic mass is 16.4. The summed E-state index contributed by atoms with van der Waals surface area (Å²) in [4.78, 5) is 66.9. The number of carbonyl (C=O) groups excluding carboxylic acids is 4. The molecule has 1 aromatic rings. The minimum atomic E-state index is -1.29. The number of carboxylic acids is 1. The summed E-state index contributed by atoms with van der Waals surface area (Å²) in [6.45, 7) is 3.53. The molecule has 0 heterocycles. The fourth-order valence-electron chi connectivity index (χ4n) is 4.07. The number of amides is 4. The predicted octanol–water partition coefficient (Wildman–Crippen LogP) is -2.24. The van der Waals surface area contributed by atoms with Crippen LogP contribution in [-0.4, -0.2) is 89.6 Å². The van der Waals surface area contributed by atoms with Crippen LogP contribution in [0.1, 0.15) is 51.5 Å². The van der Waals surface area contributed by atoms with Gasteiger partial charge in [-0.05, 0) is 62.3 Å². The normalized spacial score (nSPS) is 13.6. The van der Waals surface area contributed by atoms with Crippen molar-refractivity contribution >= 4 is 35.6 Å². The van der Waals surface area contributed by atoms with Crippen LogP contribution in [0.25, 0.3) is 0 Å².